The summed E-state index contributed by atoms with van der Waals surface area (Å²) in [6.07, 6.45) is 10.2. The fraction of sp³-hybridized carbons (Fsp3) is 0.652. The molecule has 0 radical (unpaired) electrons. The lowest BCUT2D eigenvalue weighted by molar-refractivity contribution is -0.140. The number of carbonyl (C=O) groups is 1. The summed E-state index contributed by atoms with van der Waals surface area (Å²) in [6.45, 7) is 4.76. The van der Waals surface area contributed by atoms with E-state index >= 15 is 0 Å². The van der Waals surface area contributed by atoms with Crippen molar-refractivity contribution >= 4 is 5.97 Å². The van der Waals surface area contributed by atoms with Gasteiger partial charge in [-0.1, -0.05) is 39.0 Å². The lowest BCUT2D eigenvalue weighted by Crippen LogP contribution is -2.31. The summed E-state index contributed by atoms with van der Waals surface area (Å²) < 4.78 is 10.9. The predicted molar refractivity (Wildman–Crippen MR) is 107 cm³/mol. The number of nitrogens with zero attached hydrogens (tertiary/aromatic N) is 1. The largest absolute Gasteiger partial charge is 0.494 e. The molecule has 27 heavy (non-hydrogen) atoms. The van der Waals surface area contributed by atoms with Gasteiger partial charge in [0.15, 0.2) is 0 Å². The highest BCUT2D eigenvalue weighted by molar-refractivity contribution is 5.75. The molecule has 1 fully saturated rings. The SMILES string of the molecule is CCCCCCC[C@]1(C#N)CC[C@@H](C(=O)Oc2ccc(OCC)cc2)CC1. The summed E-state index contributed by atoms with van der Waals surface area (Å²) in [5.41, 5.74) is -0.234. The molecule has 0 aliphatic heterocycles. The smallest absolute Gasteiger partial charge is 0.314 e. The molecule has 1 aromatic carbocycles. The molecule has 0 bridgehead atoms. The second-order valence-corrected chi connectivity index (χ2v) is 7.66. The van der Waals surface area contributed by atoms with E-state index in [-0.39, 0.29) is 17.3 Å². The predicted octanol–water partition coefficient (Wildman–Crippen LogP) is 6.05. The summed E-state index contributed by atoms with van der Waals surface area (Å²) >= 11 is 0. The zero-order valence-electron chi connectivity index (χ0n) is 16.8. The van der Waals surface area contributed by atoms with E-state index in [1.54, 1.807) is 12.1 Å². The molecule has 1 aromatic rings. The molecule has 0 unspecified atom stereocenters. The van der Waals surface area contributed by atoms with Crippen molar-refractivity contribution in [2.24, 2.45) is 11.3 Å². The molecule has 0 atom stereocenters. The second-order valence-electron chi connectivity index (χ2n) is 7.66. The molecular formula is C23H33NO3. The lowest BCUT2D eigenvalue weighted by Gasteiger charge is -2.34. The number of hydrogen-bond acceptors (Lipinski definition) is 4. The van der Waals surface area contributed by atoms with Crippen LogP contribution >= 0.6 is 0 Å². The van der Waals surface area contributed by atoms with Gasteiger partial charge in [0.2, 0.25) is 0 Å². The first kappa shape index (κ1) is 21.3. The maximum atomic E-state index is 12.5. The van der Waals surface area contributed by atoms with E-state index < -0.39 is 0 Å². The van der Waals surface area contributed by atoms with E-state index in [4.69, 9.17) is 9.47 Å². The summed E-state index contributed by atoms with van der Waals surface area (Å²) in [5, 5.41) is 9.70. The van der Waals surface area contributed by atoms with Crippen LogP contribution in [-0.4, -0.2) is 12.6 Å². The Morgan fingerprint density at radius 2 is 1.70 bits per heavy atom. The monoisotopic (exact) mass is 371 g/mol. The molecule has 4 nitrogen and oxygen atoms in total. The molecule has 4 heteroatoms. The highest BCUT2D eigenvalue weighted by Gasteiger charge is 2.37. The Bertz CT molecular complexity index is 610. The minimum Gasteiger partial charge on any atom is -0.494 e. The molecule has 1 aliphatic rings. The fourth-order valence-corrected chi connectivity index (χ4v) is 3.86. The molecule has 0 amide bonds. The van der Waals surface area contributed by atoms with Crippen molar-refractivity contribution in [3.63, 3.8) is 0 Å². The van der Waals surface area contributed by atoms with Crippen LogP contribution < -0.4 is 9.47 Å². The molecule has 1 saturated carbocycles. The average molecular weight is 372 g/mol. The quantitative estimate of drug-likeness (QED) is 0.285. The normalized spacial score (nSPS) is 22.0. The third-order valence-corrected chi connectivity index (χ3v) is 5.63. The van der Waals surface area contributed by atoms with Gasteiger partial charge in [-0.15, -0.1) is 0 Å². The van der Waals surface area contributed by atoms with Crippen molar-refractivity contribution < 1.29 is 14.3 Å². The Morgan fingerprint density at radius 1 is 1.07 bits per heavy atom. The fourth-order valence-electron chi connectivity index (χ4n) is 3.86. The van der Waals surface area contributed by atoms with Gasteiger partial charge in [-0.3, -0.25) is 4.79 Å². The van der Waals surface area contributed by atoms with Crippen LogP contribution in [0.5, 0.6) is 11.5 Å². The van der Waals surface area contributed by atoms with E-state index in [2.05, 4.69) is 13.0 Å². The zero-order chi connectivity index (χ0) is 19.5. The Hall–Kier alpha value is -2.02. The van der Waals surface area contributed by atoms with E-state index in [0.29, 0.717) is 12.4 Å². The Morgan fingerprint density at radius 3 is 2.30 bits per heavy atom. The number of ether oxygens (including phenoxy) is 2. The first-order valence-electron chi connectivity index (χ1n) is 10.5. The topological polar surface area (TPSA) is 59.3 Å². The van der Waals surface area contributed by atoms with Crippen molar-refractivity contribution in [2.75, 3.05) is 6.61 Å². The van der Waals surface area contributed by atoms with Crippen LogP contribution in [-0.2, 0) is 4.79 Å². The molecule has 148 valence electrons. The third-order valence-electron chi connectivity index (χ3n) is 5.63. The van der Waals surface area contributed by atoms with Gasteiger partial charge in [-0.2, -0.15) is 5.26 Å². The van der Waals surface area contributed by atoms with Crippen LogP contribution in [0.15, 0.2) is 24.3 Å². The zero-order valence-corrected chi connectivity index (χ0v) is 16.8. The Kier molecular flexibility index (Phi) is 8.64. The number of rotatable bonds is 10. The van der Waals surface area contributed by atoms with E-state index in [9.17, 15) is 10.1 Å². The van der Waals surface area contributed by atoms with Gasteiger partial charge in [0, 0.05) is 0 Å². The van der Waals surface area contributed by atoms with Gasteiger partial charge < -0.3 is 9.47 Å². The van der Waals surface area contributed by atoms with Crippen molar-refractivity contribution in [3.8, 4) is 17.6 Å². The average Bonchev–Trinajstić information content (AvgIpc) is 2.70. The third kappa shape index (κ3) is 6.57. The molecule has 0 aromatic heterocycles. The number of unbranched alkanes of at least 4 members (excludes halogenated alkanes) is 4. The molecule has 0 saturated heterocycles. The van der Waals surface area contributed by atoms with Gasteiger partial charge >= 0.3 is 5.97 Å². The molecule has 0 N–H and O–H groups in total. The summed E-state index contributed by atoms with van der Waals surface area (Å²) in [6, 6.07) is 9.72. The molecule has 0 heterocycles. The van der Waals surface area contributed by atoms with Crippen LogP contribution in [0.1, 0.15) is 78.1 Å². The van der Waals surface area contributed by atoms with Crippen molar-refractivity contribution in [3.05, 3.63) is 24.3 Å². The summed E-state index contributed by atoms with van der Waals surface area (Å²) in [7, 11) is 0. The standard InChI is InChI=1S/C23H33NO3/c1-3-5-6-7-8-15-23(18-24)16-13-19(14-17-23)22(25)27-21-11-9-20(10-12-21)26-4-2/h9-12,19H,3-8,13-17H2,1-2H3/t19-,23+. The number of hydrogen-bond donors (Lipinski definition) is 0. The van der Waals surface area contributed by atoms with E-state index in [0.717, 1.165) is 44.3 Å². The first-order valence-corrected chi connectivity index (χ1v) is 10.5. The van der Waals surface area contributed by atoms with Crippen LogP contribution in [0.4, 0.5) is 0 Å². The minimum atomic E-state index is -0.234. The maximum absolute atomic E-state index is 12.5. The van der Waals surface area contributed by atoms with Crippen LogP contribution in [0.3, 0.4) is 0 Å². The number of carbonyl (C=O) groups excluding carboxylic acids is 1. The van der Waals surface area contributed by atoms with Crippen molar-refractivity contribution in [2.45, 2.75) is 78.1 Å². The number of esters is 1. The molecular weight excluding hydrogens is 338 g/mol. The lowest BCUT2D eigenvalue weighted by atomic mass is 9.69. The van der Waals surface area contributed by atoms with Gasteiger partial charge in [0.1, 0.15) is 11.5 Å². The highest BCUT2D eigenvalue weighted by Crippen LogP contribution is 2.42. The van der Waals surface area contributed by atoms with Crippen LogP contribution in [0.25, 0.3) is 0 Å². The second kappa shape index (κ2) is 11.0. The Labute approximate surface area is 163 Å². The van der Waals surface area contributed by atoms with Crippen LogP contribution in [0, 0.1) is 22.7 Å². The number of nitriles is 1. The van der Waals surface area contributed by atoms with E-state index in [1.807, 2.05) is 19.1 Å². The molecule has 0 spiro atoms. The maximum Gasteiger partial charge on any atom is 0.314 e. The van der Waals surface area contributed by atoms with Gasteiger partial charge in [0.05, 0.1) is 24.0 Å². The summed E-state index contributed by atoms with van der Waals surface area (Å²) in [4.78, 5) is 12.5. The molecule has 1 aliphatic carbocycles. The minimum absolute atomic E-state index is 0.0989. The highest BCUT2D eigenvalue weighted by atomic mass is 16.5. The molecule has 2 rings (SSSR count). The first-order chi connectivity index (χ1) is 13.1. The number of benzene rings is 1. The van der Waals surface area contributed by atoms with Gasteiger partial charge in [-0.05, 0) is 63.3 Å². The van der Waals surface area contributed by atoms with Gasteiger partial charge in [0.25, 0.3) is 0 Å². The van der Waals surface area contributed by atoms with E-state index in [1.165, 1.54) is 25.7 Å². The van der Waals surface area contributed by atoms with Crippen LogP contribution in [0.2, 0.25) is 0 Å². The summed E-state index contributed by atoms with van der Waals surface area (Å²) in [5.74, 6) is 1.05. The van der Waals surface area contributed by atoms with Gasteiger partial charge in [-0.25, -0.2) is 0 Å². The Balaban J connectivity index is 1.79. The van der Waals surface area contributed by atoms with Crippen molar-refractivity contribution in [1.29, 1.82) is 5.26 Å². The van der Waals surface area contributed by atoms with Crippen molar-refractivity contribution in [1.82, 2.24) is 0 Å².